The van der Waals surface area contributed by atoms with Gasteiger partial charge >= 0.3 is 0 Å². The van der Waals surface area contributed by atoms with Crippen molar-refractivity contribution in [3.63, 3.8) is 0 Å². The minimum atomic E-state index is 0.217. The van der Waals surface area contributed by atoms with E-state index < -0.39 is 0 Å². The van der Waals surface area contributed by atoms with Crippen LogP contribution in [0.25, 0.3) is 10.9 Å². The number of hydrogen-bond acceptors (Lipinski definition) is 1. The monoisotopic (exact) mass is 250 g/mol. The lowest BCUT2D eigenvalue weighted by Crippen LogP contribution is -2.04. The molecule has 72 valence electrons. The van der Waals surface area contributed by atoms with Crippen LogP contribution in [0.15, 0.2) is 28.7 Å². The molecule has 3 heteroatoms. The van der Waals surface area contributed by atoms with E-state index in [1.54, 1.807) is 0 Å². The van der Waals surface area contributed by atoms with Crippen LogP contribution < -0.4 is 5.73 Å². The number of hydrogen-bond donors (Lipinski definition) is 1. The first-order valence-corrected chi connectivity index (χ1v) is 5.60. The molecule has 0 aliphatic carbocycles. The molecule has 1 atom stereocenters. The fourth-order valence-electron chi connectivity index (χ4n) is 2.24. The minimum absolute atomic E-state index is 0.217. The third kappa shape index (κ3) is 0.996. The summed E-state index contributed by atoms with van der Waals surface area (Å²) in [5.74, 6) is 0. The van der Waals surface area contributed by atoms with Crippen molar-refractivity contribution in [1.82, 2.24) is 4.57 Å². The molecular weight excluding hydrogens is 240 g/mol. The minimum Gasteiger partial charge on any atom is -0.343 e. The summed E-state index contributed by atoms with van der Waals surface area (Å²) < 4.78 is 3.48. The molecule has 0 spiro atoms. The van der Waals surface area contributed by atoms with Crippen LogP contribution in [0.3, 0.4) is 0 Å². The maximum Gasteiger partial charge on any atom is 0.0494 e. The Kier molecular flexibility index (Phi) is 1.73. The number of rotatable bonds is 0. The molecule has 1 aliphatic heterocycles. The van der Waals surface area contributed by atoms with Crippen molar-refractivity contribution in [2.45, 2.75) is 19.0 Å². The second kappa shape index (κ2) is 2.84. The Bertz CT molecular complexity index is 501. The van der Waals surface area contributed by atoms with Gasteiger partial charge in [0.15, 0.2) is 0 Å². The summed E-state index contributed by atoms with van der Waals surface area (Å²) in [6.45, 7) is 1.05. The van der Waals surface area contributed by atoms with Crippen LogP contribution >= 0.6 is 15.9 Å². The fourth-order valence-corrected chi connectivity index (χ4v) is 2.71. The largest absolute Gasteiger partial charge is 0.343 e. The number of aryl methyl sites for hydroxylation is 1. The van der Waals surface area contributed by atoms with E-state index in [9.17, 15) is 0 Å². The van der Waals surface area contributed by atoms with Crippen LogP contribution in [-0.4, -0.2) is 4.57 Å². The van der Waals surface area contributed by atoms with Crippen molar-refractivity contribution >= 4 is 26.8 Å². The molecule has 2 aromatic rings. The number of benzene rings is 1. The van der Waals surface area contributed by atoms with Crippen molar-refractivity contribution in [1.29, 1.82) is 0 Å². The maximum atomic E-state index is 6.02. The van der Waals surface area contributed by atoms with Crippen LogP contribution in [0.4, 0.5) is 0 Å². The summed E-state index contributed by atoms with van der Waals surface area (Å²) in [5, 5.41) is 1.28. The first-order valence-electron chi connectivity index (χ1n) is 4.80. The fraction of sp³-hybridized carbons (Fsp3) is 0.273. The smallest absolute Gasteiger partial charge is 0.0494 e. The van der Waals surface area contributed by atoms with Crippen molar-refractivity contribution < 1.29 is 0 Å². The first-order chi connectivity index (χ1) is 6.77. The molecule has 1 aromatic carbocycles. The van der Waals surface area contributed by atoms with Gasteiger partial charge in [0, 0.05) is 33.7 Å². The van der Waals surface area contributed by atoms with Gasteiger partial charge in [-0.15, -0.1) is 0 Å². The lowest BCUT2D eigenvalue weighted by Gasteiger charge is -1.99. The van der Waals surface area contributed by atoms with Gasteiger partial charge in [0.05, 0.1) is 0 Å². The number of nitrogens with zero attached hydrogens (tertiary/aromatic N) is 1. The first kappa shape index (κ1) is 8.50. The van der Waals surface area contributed by atoms with Gasteiger partial charge in [-0.25, -0.2) is 0 Å². The molecule has 3 rings (SSSR count). The Labute approximate surface area is 90.8 Å². The Balaban J connectivity index is 2.40. The highest BCUT2D eigenvalue weighted by atomic mass is 79.9. The lowest BCUT2D eigenvalue weighted by molar-refractivity contribution is 0.691. The van der Waals surface area contributed by atoms with Crippen molar-refractivity contribution in [2.75, 3.05) is 0 Å². The second-order valence-electron chi connectivity index (χ2n) is 3.79. The molecule has 0 bridgehead atoms. The molecule has 2 heterocycles. The Morgan fingerprint density at radius 2 is 2.29 bits per heavy atom. The average Bonchev–Trinajstić information content (AvgIpc) is 2.69. The molecule has 2 N–H and O–H groups in total. The molecule has 14 heavy (non-hydrogen) atoms. The molecule has 1 aromatic heterocycles. The van der Waals surface area contributed by atoms with Gasteiger partial charge in [0.2, 0.25) is 0 Å². The van der Waals surface area contributed by atoms with Crippen LogP contribution in [0.1, 0.15) is 18.2 Å². The summed E-state index contributed by atoms with van der Waals surface area (Å²) in [6.07, 6.45) is 1.07. The van der Waals surface area contributed by atoms with Gasteiger partial charge in [-0.05, 0) is 24.6 Å². The maximum absolute atomic E-state index is 6.02. The van der Waals surface area contributed by atoms with Crippen LogP contribution in [0.2, 0.25) is 0 Å². The van der Waals surface area contributed by atoms with Crippen LogP contribution in [0.5, 0.6) is 0 Å². The zero-order valence-corrected chi connectivity index (χ0v) is 9.29. The standard InChI is InChI=1S/C11H11BrN2/c12-8-2-1-3-10-7(8)6-11-9(13)4-5-14(10)11/h1-3,6,9H,4-5,13H2. The van der Waals surface area contributed by atoms with Gasteiger partial charge in [-0.1, -0.05) is 22.0 Å². The van der Waals surface area contributed by atoms with Crippen LogP contribution in [-0.2, 0) is 6.54 Å². The van der Waals surface area contributed by atoms with Crippen molar-refractivity contribution in [2.24, 2.45) is 5.73 Å². The number of nitrogens with two attached hydrogens (primary N) is 1. The van der Waals surface area contributed by atoms with Crippen LogP contribution in [0, 0.1) is 0 Å². The molecule has 0 amide bonds. The van der Waals surface area contributed by atoms with Gasteiger partial charge in [-0.3, -0.25) is 0 Å². The summed E-state index contributed by atoms with van der Waals surface area (Å²) in [4.78, 5) is 0. The highest BCUT2D eigenvalue weighted by Crippen LogP contribution is 2.34. The Morgan fingerprint density at radius 1 is 1.43 bits per heavy atom. The number of halogens is 1. The second-order valence-corrected chi connectivity index (χ2v) is 4.64. The van der Waals surface area contributed by atoms with Gasteiger partial charge in [0.25, 0.3) is 0 Å². The van der Waals surface area contributed by atoms with Crippen molar-refractivity contribution in [3.8, 4) is 0 Å². The van der Waals surface area contributed by atoms with E-state index in [4.69, 9.17) is 5.73 Å². The van der Waals surface area contributed by atoms with E-state index in [-0.39, 0.29) is 6.04 Å². The summed E-state index contributed by atoms with van der Waals surface area (Å²) in [7, 11) is 0. The highest BCUT2D eigenvalue weighted by molar-refractivity contribution is 9.10. The predicted octanol–water partition coefficient (Wildman–Crippen LogP) is 2.81. The normalized spacial score (nSPS) is 20.3. The summed E-state index contributed by atoms with van der Waals surface area (Å²) in [5.41, 5.74) is 8.59. The summed E-state index contributed by atoms with van der Waals surface area (Å²) in [6, 6.07) is 8.72. The molecule has 1 unspecified atom stereocenters. The zero-order valence-electron chi connectivity index (χ0n) is 7.70. The lowest BCUT2D eigenvalue weighted by atomic mass is 10.2. The third-order valence-corrected chi connectivity index (χ3v) is 3.66. The SMILES string of the molecule is NC1CCn2c1cc1c(Br)cccc12. The van der Waals surface area contributed by atoms with E-state index in [1.165, 1.54) is 16.6 Å². The molecule has 1 aliphatic rings. The van der Waals surface area contributed by atoms with E-state index in [2.05, 4.69) is 44.8 Å². The Morgan fingerprint density at radius 3 is 3.14 bits per heavy atom. The third-order valence-electron chi connectivity index (χ3n) is 2.97. The van der Waals surface area contributed by atoms with E-state index in [0.717, 1.165) is 17.4 Å². The highest BCUT2D eigenvalue weighted by Gasteiger charge is 2.21. The quantitative estimate of drug-likeness (QED) is 0.766. The Hall–Kier alpha value is -0.800. The number of aromatic nitrogens is 1. The molecule has 0 radical (unpaired) electrons. The zero-order chi connectivity index (χ0) is 9.71. The molecular formula is C11H11BrN2. The summed E-state index contributed by atoms with van der Waals surface area (Å²) >= 11 is 3.56. The van der Waals surface area contributed by atoms with Gasteiger partial charge in [-0.2, -0.15) is 0 Å². The van der Waals surface area contributed by atoms with E-state index in [1.807, 2.05) is 0 Å². The van der Waals surface area contributed by atoms with Gasteiger partial charge in [0.1, 0.15) is 0 Å². The average molecular weight is 251 g/mol. The predicted molar refractivity (Wildman–Crippen MR) is 61.2 cm³/mol. The van der Waals surface area contributed by atoms with E-state index in [0.29, 0.717) is 0 Å². The molecule has 0 fully saturated rings. The molecule has 2 nitrogen and oxygen atoms in total. The van der Waals surface area contributed by atoms with E-state index >= 15 is 0 Å². The number of fused-ring (bicyclic) bond motifs is 3. The molecule has 0 saturated heterocycles. The molecule has 0 saturated carbocycles. The van der Waals surface area contributed by atoms with Gasteiger partial charge < -0.3 is 10.3 Å². The van der Waals surface area contributed by atoms with Crippen molar-refractivity contribution in [3.05, 3.63) is 34.4 Å². The topological polar surface area (TPSA) is 30.9 Å².